The van der Waals surface area contributed by atoms with Crippen LogP contribution in [0.5, 0.6) is 5.75 Å². The molecular formula is C38H46N4O13. The molecule has 0 saturated carbocycles. The number of carboxylic acids is 2. The molecule has 0 aliphatic carbocycles. The molecule has 1 heterocycles. The first kappa shape index (κ1) is 43.2. The highest BCUT2D eigenvalue weighted by Crippen LogP contribution is 2.29. The van der Waals surface area contributed by atoms with E-state index in [9.17, 15) is 38.7 Å². The number of nitrogens with one attached hydrogen (secondary N) is 3. The number of hydrogen-bond donors (Lipinski definition) is 5. The quantitative estimate of drug-likeness (QED) is 0.0289. The number of rotatable bonds is 24. The Morgan fingerprint density at radius 3 is 2.31 bits per heavy atom. The first-order chi connectivity index (χ1) is 26.4. The number of esters is 1. The Morgan fingerprint density at radius 2 is 1.67 bits per heavy atom. The van der Waals surface area contributed by atoms with E-state index in [0.717, 1.165) is 31.9 Å². The Hall–Kier alpha value is -6.23. The van der Waals surface area contributed by atoms with Gasteiger partial charge in [0.25, 0.3) is 11.8 Å². The summed E-state index contributed by atoms with van der Waals surface area (Å²) in [7, 11) is 1.12. The lowest BCUT2D eigenvalue weighted by atomic mass is 9.90. The number of carbonyl (C=O) groups excluding carboxylic acids is 5. The number of hydrogen-bond acceptors (Lipinski definition) is 11. The van der Waals surface area contributed by atoms with Gasteiger partial charge in [0.05, 0.1) is 37.7 Å². The van der Waals surface area contributed by atoms with Crippen LogP contribution in [0.3, 0.4) is 0 Å². The number of amides is 4. The fourth-order valence-corrected chi connectivity index (χ4v) is 5.52. The fraction of sp³-hybridized carbons (Fsp3) is 0.395. The molecule has 0 fully saturated rings. The molecule has 5 N–H and O–H groups in total. The van der Waals surface area contributed by atoms with Gasteiger partial charge in [-0.25, -0.2) is 14.7 Å². The van der Waals surface area contributed by atoms with Crippen LogP contribution >= 0.6 is 0 Å². The number of hydroxylamine groups is 2. The van der Waals surface area contributed by atoms with Crippen molar-refractivity contribution in [2.75, 3.05) is 20.4 Å². The molecule has 17 heteroatoms. The van der Waals surface area contributed by atoms with Gasteiger partial charge in [0, 0.05) is 5.56 Å². The molecule has 0 aliphatic rings. The number of nitrogens with zero attached hydrogens (tertiary/aromatic N) is 1. The van der Waals surface area contributed by atoms with Crippen molar-refractivity contribution >= 4 is 42.0 Å². The van der Waals surface area contributed by atoms with Crippen molar-refractivity contribution in [1.82, 2.24) is 21.0 Å². The van der Waals surface area contributed by atoms with Crippen molar-refractivity contribution in [1.29, 1.82) is 0 Å². The first-order valence-corrected chi connectivity index (χ1v) is 17.6. The number of carbonyl (C=O) groups is 7. The van der Waals surface area contributed by atoms with Gasteiger partial charge in [-0.05, 0) is 42.7 Å². The zero-order valence-corrected chi connectivity index (χ0v) is 30.8. The molecule has 0 spiro atoms. The van der Waals surface area contributed by atoms with Crippen molar-refractivity contribution in [3.05, 3.63) is 77.6 Å². The first-order valence-electron chi connectivity index (χ1n) is 17.6. The summed E-state index contributed by atoms with van der Waals surface area (Å²) in [5.41, 5.74) is 0.929. The highest BCUT2D eigenvalue weighted by molar-refractivity contribution is 6.00. The van der Waals surface area contributed by atoms with Gasteiger partial charge in [-0.1, -0.05) is 69.5 Å². The van der Waals surface area contributed by atoms with E-state index >= 15 is 0 Å². The average Bonchev–Trinajstić information content (AvgIpc) is 3.68. The van der Waals surface area contributed by atoms with Crippen LogP contribution in [-0.4, -0.2) is 89.8 Å². The summed E-state index contributed by atoms with van der Waals surface area (Å²) in [4.78, 5) is 91.8. The number of carboxylic acid groups (broad SMARTS) is 2. The van der Waals surface area contributed by atoms with Gasteiger partial charge < -0.3 is 40.1 Å². The van der Waals surface area contributed by atoms with Crippen LogP contribution in [0.15, 0.2) is 65.1 Å². The third-order valence-electron chi connectivity index (χ3n) is 8.40. The Morgan fingerprint density at radius 1 is 0.927 bits per heavy atom. The van der Waals surface area contributed by atoms with Crippen LogP contribution in [0.4, 0.5) is 0 Å². The van der Waals surface area contributed by atoms with Gasteiger partial charge in [-0.15, -0.1) is 0 Å². The monoisotopic (exact) mass is 766 g/mol. The maximum absolute atomic E-state index is 13.5. The van der Waals surface area contributed by atoms with E-state index in [1.807, 2.05) is 44.2 Å². The Labute approximate surface area is 317 Å². The Kier molecular flexibility index (Phi) is 17.3. The molecule has 0 bridgehead atoms. The molecule has 0 radical (unpaired) electrons. The molecule has 55 heavy (non-hydrogen) atoms. The van der Waals surface area contributed by atoms with Gasteiger partial charge in [0.15, 0.2) is 12.4 Å². The zero-order valence-electron chi connectivity index (χ0n) is 30.8. The molecule has 1 aromatic heterocycles. The van der Waals surface area contributed by atoms with Crippen LogP contribution in [0, 0.1) is 5.92 Å². The maximum atomic E-state index is 13.5. The molecule has 3 rings (SSSR count). The minimum absolute atomic E-state index is 0.131. The van der Waals surface area contributed by atoms with Gasteiger partial charge in [-0.3, -0.25) is 28.8 Å². The molecule has 0 saturated heterocycles. The number of methoxy groups -OCH3 is 1. The molecule has 0 aliphatic heterocycles. The Balaban J connectivity index is 1.71. The van der Waals surface area contributed by atoms with E-state index in [-0.39, 0.29) is 42.0 Å². The third kappa shape index (κ3) is 13.3. The van der Waals surface area contributed by atoms with E-state index < -0.39 is 60.8 Å². The predicted octanol–water partition coefficient (Wildman–Crippen LogP) is 3.52. The predicted molar refractivity (Wildman–Crippen MR) is 194 cm³/mol. The van der Waals surface area contributed by atoms with Crippen molar-refractivity contribution in [2.24, 2.45) is 5.92 Å². The molecule has 2 aromatic carbocycles. The molecule has 17 nitrogen and oxygen atoms in total. The van der Waals surface area contributed by atoms with E-state index in [1.54, 1.807) is 0 Å². The lowest BCUT2D eigenvalue weighted by molar-refractivity contribution is -0.200. The second kappa shape index (κ2) is 22.1. The second-order valence-electron chi connectivity index (χ2n) is 12.2. The van der Waals surface area contributed by atoms with Crippen molar-refractivity contribution in [3.63, 3.8) is 0 Å². The Bertz CT molecular complexity index is 1780. The van der Waals surface area contributed by atoms with Crippen molar-refractivity contribution in [2.45, 2.75) is 71.1 Å². The van der Waals surface area contributed by atoms with Gasteiger partial charge in [0.2, 0.25) is 12.3 Å². The van der Waals surface area contributed by atoms with E-state index in [2.05, 4.69) is 20.7 Å². The van der Waals surface area contributed by atoms with Gasteiger partial charge in [-0.2, -0.15) is 0 Å². The summed E-state index contributed by atoms with van der Waals surface area (Å²) >= 11 is 0. The normalized spacial score (nSPS) is 12.3. The molecule has 1 unspecified atom stereocenters. The highest BCUT2D eigenvalue weighted by Gasteiger charge is 2.32. The lowest BCUT2D eigenvalue weighted by Gasteiger charge is -2.32. The topological polar surface area (TPSA) is 240 Å². The van der Waals surface area contributed by atoms with E-state index in [4.69, 9.17) is 19.1 Å². The average molecular weight is 767 g/mol. The minimum Gasteiger partial charge on any atom is -0.481 e. The SMILES string of the molecule is CCCCC[C@@H](C(=O)NCNC(=O)c1ccc(-c2ccc(C(=O)NC(CC(=O)O)C(=O)O)c(OCC(=O)OC)c2)o1)[C@@H](CC)N(C=O)OCc1ccccc1. The summed E-state index contributed by atoms with van der Waals surface area (Å²) in [5, 5.41) is 27.0. The maximum Gasteiger partial charge on any atom is 0.343 e. The number of benzene rings is 2. The summed E-state index contributed by atoms with van der Waals surface area (Å²) < 4.78 is 15.8. The summed E-state index contributed by atoms with van der Waals surface area (Å²) in [6.07, 6.45) is 3.16. The number of unbranched alkanes of at least 4 members (excludes halogenated alkanes) is 2. The molecule has 3 atom stereocenters. The van der Waals surface area contributed by atoms with Crippen molar-refractivity contribution in [3.8, 4) is 17.1 Å². The van der Waals surface area contributed by atoms with E-state index in [0.29, 0.717) is 24.8 Å². The van der Waals surface area contributed by atoms with Gasteiger partial charge >= 0.3 is 17.9 Å². The summed E-state index contributed by atoms with van der Waals surface area (Å²) in [6.45, 7) is 3.16. The van der Waals surface area contributed by atoms with Crippen molar-refractivity contribution < 1.29 is 62.5 Å². The van der Waals surface area contributed by atoms with Crippen LogP contribution < -0.4 is 20.7 Å². The third-order valence-corrected chi connectivity index (χ3v) is 8.40. The smallest absolute Gasteiger partial charge is 0.343 e. The summed E-state index contributed by atoms with van der Waals surface area (Å²) in [5.74, 6) is -6.65. The highest BCUT2D eigenvalue weighted by atomic mass is 16.7. The molecule has 296 valence electrons. The number of furan rings is 1. The largest absolute Gasteiger partial charge is 0.481 e. The van der Waals surface area contributed by atoms with Crippen LogP contribution in [-0.2, 0) is 40.2 Å². The van der Waals surface area contributed by atoms with Crippen LogP contribution in [0.2, 0.25) is 0 Å². The number of ether oxygens (including phenoxy) is 2. The summed E-state index contributed by atoms with van der Waals surface area (Å²) in [6, 6.07) is 13.8. The zero-order chi connectivity index (χ0) is 40.3. The van der Waals surface area contributed by atoms with Crippen LogP contribution in [0.1, 0.15) is 78.8 Å². The minimum atomic E-state index is -1.75. The molecule has 3 aromatic rings. The molecular weight excluding hydrogens is 720 g/mol. The van der Waals surface area contributed by atoms with Gasteiger partial charge in [0.1, 0.15) is 24.2 Å². The number of aliphatic carboxylic acids is 2. The lowest BCUT2D eigenvalue weighted by Crippen LogP contribution is -2.48. The van der Waals surface area contributed by atoms with Crippen LogP contribution in [0.25, 0.3) is 11.3 Å². The fourth-order valence-electron chi connectivity index (χ4n) is 5.52. The van der Waals surface area contributed by atoms with E-state index in [1.165, 1.54) is 35.4 Å². The second-order valence-corrected chi connectivity index (χ2v) is 12.2. The molecule has 4 amide bonds. The standard InChI is InChI=1S/C38H46N4O13/c1-4-6-8-13-26(29(5-2)42(23-43)54-20-24-11-9-7-10-12-24)35(47)39-22-40-37(49)31-17-16-30(55-31)25-14-15-27(32(18-25)53-21-34(46)52-3)36(48)41-28(38(50)51)19-33(44)45/h7,9-12,14-18,23,26,28-29H,4-6,8,13,19-22H2,1-3H3,(H,39,47)(H,40,49)(H,41,48)(H,44,45)(H,50,51)/t26-,28?,29-/m1/s1.